The van der Waals surface area contributed by atoms with Gasteiger partial charge in [0, 0.05) is 0 Å². The maximum absolute atomic E-state index is 11.8. The number of aliphatic carboxylic acids is 1. The molecule has 2 aromatic carbocycles. The Kier molecular flexibility index (Phi) is 4.24. The van der Waals surface area contributed by atoms with Crippen molar-refractivity contribution >= 4 is 5.97 Å². The molecule has 2 N–H and O–H groups in total. The van der Waals surface area contributed by atoms with Gasteiger partial charge in [-0.15, -0.1) is 0 Å². The van der Waals surface area contributed by atoms with Crippen molar-refractivity contribution in [1.29, 1.82) is 0 Å². The van der Waals surface area contributed by atoms with Gasteiger partial charge in [-0.05, 0) is 37.1 Å². The fourth-order valence-electron chi connectivity index (χ4n) is 2.55. The summed E-state index contributed by atoms with van der Waals surface area (Å²) in [5.74, 6) is -0.429. The Bertz CT molecular complexity index is 647. The molecular weight excluding hydrogens is 280 g/mol. The van der Waals surface area contributed by atoms with Gasteiger partial charge in [0.2, 0.25) is 0 Å². The second-order valence-corrected chi connectivity index (χ2v) is 5.74. The summed E-state index contributed by atoms with van der Waals surface area (Å²) >= 11 is 0. The van der Waals surface area contributed by atoms with Crippen molar-refractivity contribution in [3.05, 3.63) is 65.7 Å². The highest BCUT2D eigenvalue weighted by Gasteiger charge is 2.51. The summed E-state index contributed by atoms with van der Waals surface area (Å²) in [7, 11) is 1.56. The number of benzene rings is 2. The minimum absolute atomic E-state index is 0.506. The van der Waals surface area contributed by atoms with Crippen LogP contribution in [0.25, 0.3) is 0 Å². The molecule has 0 aliphatic heterocycles. The van der Waals surface area contributed by atoms with Gasteiger partial charge in [-0.1, -0.05) is 42.5 Å². The van der Waals surface area contributed by atoms with E-state index in [4.69, 9.17) is 4.74 Å². The molecule has 0 amide bonds. The SMILES string of the molecule is COc1ccc(C(O)(c2ccccc2)C(C)(C)C(=O)O)cc1. The smallest absolute Gasteiger partial charge is 0.312 e. The van der Waals surface area contributed by atoms with E-state index in [1.165, 1.54) is 13.8 Å². The molecule has 0 saturated heterocycles. The van der Waals surface area contributed by atoms with Crippen LogP contribution in [-0.2, 0) is 10.4 Å². The maximum Gasteiger partial charge on any atom is 0.312 e. The van der Waals surface area contributed by atoms with Gasteiger partial charge in [-0.25, -0.2) is 0 Å². The first-order valence-corrected chi connectivity index (χ1v) is 7.00. The molecule has 22 heavy (non-hydrogen) atoms. The lowest BCUT2D eigenvalue weighted by molar-refractivity contribution is -0.161. The Balaban J connectivity index is 2.67. The van der Waals surface area contributed by atoms with Crippen LogP contribution in [0.2, 0.25) is 0 Å². The van der Waals surface area contributed by atoms with Gasteiger partial charge in [-0.3, -0.25) is 4.79 Å². The predicted molar refractivity (Wildman–Crippen MR) is 83.9 cm³/mol. The molecule has 0 heterocycles. The molecule has 0 saturated carbocycles. The van der Waals surface area contributed by atoms with Crippen LogP contribution in [0.5, 0.6) is 5.75 Å². The predicted octanol–water partition coefficient (Wildman–Crippen LogP) is 3.04. The van der Waals surface area contributed by atoms with Crippen molar-refractivity contribution in [3.63, 3.8) is 0 Å². The van der Waals surface area contributed by atoms with E-state index in [0.29, 0.717) is 16.9 Å². The summed E-state index contributed by atoms with van der Waals surface area (Å²) in [6.07, 6.45) is 0. The van der Waals surface area contributed by atoms with E-state index in [1.54, 1.807) is 55.6 Å². The molecule has 4 heteroatoms. The first-order chi connectivity index (χ1) is 10.3. The number of carboxylic acid groups (broad SMARTS) is 1. The monoisotopic (exact) mass is 300 g/mol. The van der Waals surface area contributed by atoms with Gasteiger partial charge in [0.05, 0.1) is 12.5 Å². The molecule has 4 nitrogen and oxygen atoms in total. The number of carboxylic acids is 1. The van der Waals surface area contributed by atoms with E-state index in [9.17, 15) is 15.0 Å². The van der Waals surface area contributed by atoms with Gasteiger partial charge in [0.15, 0.2) is 0 Å². The largest absolute Gasteiger partial charge is 0.497 e. The number of hydrogen-bond donors (Lipinski definition) is 2. The Hall–Kier alpha value is -2.33. The third-order valence-corrected chi connectivity index (χ3v) is 4.14. The number of rotatable bonds is 5. The third-order valence-electron chi connectivity index (χ3n) is 4.14. The molecule has 0 fully saturated rings. The quantitative estimate of drug-likeness (QED) is 0.890. The highest BCUT2D eigenvalue weighted by atomic mass is 16.5. The van der Waals surface area contributed by atoms with E-state index < -0.39 is 17.0 Å². The molecular formula is C18H20O4. The highest BCUT2D eigenvalue weighted by molar-refractivity contribution is 5.77. The number of carbonyl (C=O) groups is 1. The molecule has 1 atom stereocenters. The lowest BCUT2D eigenvalue weighted by atomic mass is 9.67. The summed E-state index contributed by atoms with van der Waals surface area (Å²) in [6.45, 7) is 3.04. The molecule has 116 valence electrons. The zero-order valence-corrected chi connectivity index (χ0v) is 12.9. The second-order valence-electron chi connectivity index (χ2n) is 5.74. The van der Waals surface area contributed by atoms with Crippen molar-refractivity contribution in [3.8, 4) is 5.75 Å². The van der Waals surface area contributed by atoms with Crippen LogP contribution in [0.1, 0.15) is 25.0 Å². The zero-order chi connectivity index (χ0) is 16.4. The summed E-state index contributed by atoms with van der Waals surface area (Å²) in [4.78, 5) is 11.8. The molecule has 0 radical (unpaired) electrons. The summed E-state index contributed by atoms with van der Waals surface area (Å²) in [5, 5.41) is 21.0. The average molecular weight is 300 g/mol. The van der Waals surface area contributed by atoms with Crippen LogP contribution in [0.4, 0.5) is 0 Å². The van der Waals surface area contributed by atoms with Crippen LogP contribution >= 0.6 is 0 Å². The normalized spacial score (nSPS) is 14.2. The molecule has 1 unspecified atom stereocenters. The Morgan fingerprint density at radius 3 is 1.91 bits per heavy atom. The van der Waals surface area contributed by atoms with E-state index in [1.807, 2.05) is 6.07 Å². The van der Waals surface area contributed by atoms with Crippen LogP contribution in [0.15, 0.2) is 54.6 Å². The van der Waals surface area contributed by atoms with Gasteiger partial charge >= 0.3 is 5.97 Å². The fourth-order valence-corrected chi connectivity index (χ4v) is 2.55. The number of methoxy groups -OCH3 is 1. The Labute approximate surface area is 130 Å². The first-order valence-electron chi connectivity index (χ1n) is 7.00. The lowest BCUT2D eigenvalue weighted by Gasteiger charge is -2.40. The second kappa shape index (κ2) is 5.81. The van der Waals surface area contributed by atoms with Crippen molar-refractivity contribution in [2.75, 3.05) is 7.11 Å². The van der Waals surface area contributed by atoms with Gasteiger partial charge in [0.25, 0.3) is 0 Å². The van der Waals surface area contributed by atoms with Crippen LogP contribution in [0.3, 0.4) is 0 Å². The van der Waals surface area contributed by atoms with E-state index in [2.05, 4.69) is 0 Å². The molecule has 2 aromatic rings. The minimum Gasteiger partial charge on any atom is -0.497 e. The summed E-state index contributed by atoms with van der Waals surface area (Å²) < 4.78 is 5.12. The van der Waals surface area contributed by atoms with E-state index in [0.717, 1.165) is 0 Å². The van der Waals surface area contributed by atoms with Crippen molar-refractivity contribution in [2.24, 2.45) is 5.41 Å². The molecule has 0 aromatic heterocycles. The van der Waals surface area contributed by atoms with Crippen LogP contribution in [0, 0.1) is 5.41 Å². The number of aliphatic hydroxyl groups is 1. The van der Waals surface area contributed by atoms with Crippen molar-refractivity contribution in [1.82, 2.24) is 0 Å². The number of ether oxygens (including phenoxy) is 1. The summed E-state index contributed by atoms with van der Waals surface area (Å²) in [6, 6.07) is 15.6. The standard InChI is InChI=1S/C18H20O4/c1-17(2,16(19)20)18(21,13-7-5-4-6-8-13)14-9-11-15(22-3)12-10-14/h4-12,21H,1-3H3,(H,19,20). The van der Waals surface area contributed by atoms with E-state index >= 15 is 0 Å². The molecule has 0 aliphatic rings. The minimum atomic E-state index is -1.66. The lowest BCUT2D eigenvalue weighted by Crippen LogP contribution is -2.48. The van der Waals surface area contributed by atoms with Crippen LogP contribution in [-0.4, -0.2) is 23.3 Å². The molecule has 0 aliphatic carbocycles. The Morgan fingerprint density at radius 1 is 0.955 bits per heavy atom. The highest BCUT2D eigenvalue weighted by Crippen LogP contribution is 2.45. The Morgan fingerprint density at radius 2 is 1.45 bits per heavy atom. The maximum atomic E-state index is 11.8. The third kappa shape index (κ3) is 2.46. The average Bonchev–Trinajstić information content (AvgIpc) is 2.54. The van der Waals surface area contributed by atoms with Crippen molar-refractivity contribution < 1.29 is 19.7 Å². The van der Waals surface area contributed by atoms with Crippen LogP contribution < -0.4 is 4.74 Å². The zero-order valence-electron chi connectivity index (χ0n) is 12.9. The number of hydrogen-bond acceptors (Lipinski definition) is 3. The van der Waals surface area contributed by atoms with Crippen molar-refractivity contribution in [2.45, 2.75) is 19.4 Å². The van der Waals surface area contributed by atoms with E-state index in [-0.39, 0.29) is 0 Å². The molecule has 0 spiro atoms. The summed E-state index contributed by atoms with van der Waals surface area (Å²) in [5.41, 5.74) is -2.03. The molecule has 2 rings (SSSR count). The first kappa shape index (κ1) is 16.0. The molecule has 0 bridgehead atoms. The van der Waals surface area contributed by atoms with Gasteiger partial charge < -0.3 is 14.9 Å². The van der Waals surface area contributed by atoms with Gasteiger partial charge in [0.1, 0.15) is 11.4 Å². The topological polar surface area (TPSA) is 66.8 Å². The van der Waals surface area contributed by atoms with Gasteiger partial charge in [-0.2, -0.15) is 0 Å². The fraction of sp³-hybridized carbons (Fsp3) is 0.278.